The Bertz CT molecular complexity index is 753. The third-order valence-corrected chi connectivity index (χ3v) is 11.3. The molecule has 1 amide bonds. The highest BCUT2D eigenvalue weighted by molar-refractivity contribution is 6.74. The topological polar surface area (TPSA) is 38.8 Å². The van der Waals surface area contributed by atoms with Gasteiger partial charge >= 0.3 is 0 Å². The average molecular weight is 402 g/mol. The molecule has 0 radical (unpaired) electrons. The molecule has 154 valence electrons. The number of hydrogen-bond acceptors (Lipinski definition) is 3. The summed E-state index contributed by atoms with van der Waals surface area (Å²) in [6.45, 7) is 16.0. The first kappa shape index (κ1) is 21.1. The van der Waals surface area contributed by atoms with Gasteiger partial charge in [-0.25, -0.2) is 5.06 Å². The molecule has 3 rings (SSSR count). The molecule has 0 N–H and O–H groups in total. The van der Waals surface area contributed by atoms with Gasteiger partial charge in [-0.1, -0.05) is 51.1 Å². The van der Waals surface area contributed by atoms with Crippen molar-refractivity contribution in [1.82, 2.24) is 5.06 Å². The van der Waals surface area contributed by atoms with Crippen LogP contribution in [0.15, 0.2) is 42.2 Å². The number of amides is 1. The van der Waals surface area contributed by atoms with Crippen molar-refractivity contribution in [3.8, 4) is 0 Å². The molecule has 1 aliphatic carbocycles. The normalized spacial score (nSPS) is 28.6. The van der Waals surface area contributed by atoms with Gasteiger partial charge in [0, 0.05) is 12.3 Å². The van der Waals surface area contributed by atoms with Gasteiger partial charge in [0.25, 0.3) is 5.91 Å². The number of hydrogen-bond donors (Lipinski definition) is 0. The first-order valence-corrected chi connectivity index (χ1v) is 13.3. The Morgan fingerprint density at radius 1 is 1.25 bits per heavy atom. The van der Waals surface area contributed by atoms with Crippen molar-refractivity contribution in [3.05, 3.63) is 47.7 Å². The molecule has 4 nitrogen and oxygen atoms in total. The summed E-state index contributed by atoms with van der Waals surface area (Å²) in [4.78, 5) is 19.4. The SMILES string of the molecule is C[C@@H]1ON(Cc2ccccc2)C(=O)[C@@]2(C)CCC(O[Si](C)(C)C(C)(C)C)=C[C@@H]12. The van der Waals surface area contributed by atoms with E-state index >= 15 is 0 Å². The summed E-state index contributed by atoms with van der Waals surface area (Å²) < 4.78 is 6.56. The predicted octanol–water partition coefficient (Wildman–Crippen LogP) is 5.67. The Kier molecular flexibility index (Phi) is 5.54. The van der Waals surface area contributed by atoms with Gasteiger partial charge in [-0.2, -0.15) is 0 Å². The van der Waals surface area contributed by atoms with Crippen LogP contribution in [0.5, 0.6) is 0 Å². The zero-order valence-electron chi connectivity index (χ0n) is 18.4. The monoisotopic (exact) mass is 401 g/mol. The molecule has 1 aliphatic heterocycles. The maximum absolute atomic E-state index is 13.3. The van der Waals surface area contributed by atoms with Crippen molar-refractivity contribution in [1.29, 1.82) is 0 Å². The lowest BCUT2D eigenvalue weighted by atomic mass is 9.66. The van der Waals surface area contributed by atoms with Gasteiger partial charge in [-0.3, -0.25) is 9.63 Å². The average Bonchev–Trinajstić information content (AvgIpc) is 2.61. The molecule has 3 atom stereocenters. The zero-order valence-corrected chi connectivity index (χ0v) is 19.4. The van der Waals surface area contributed by atoms with Gasteiger partial charge in [-0.15, -0.1) is 0 Å². The lowest BCUT2D eigenvalue weighted by Crippen LogP contribution is -2.56. The third-order valence-electron chi connectivity index (χ3n) is 6.87. The molecule has 1 heterocycles. The number of fused-ring (bicyclic) bond motifs is 1. The molecular weight excluding hydrogens is 366 g/mol. The number of nitrogens with zero attached hydrogens (tertiary/aromatic N) is 1. The van der Waals surface area contributed by atoms with Crippen LogP contribution < -0.4 is 0 Å². The van der Waals surface area contributed by atoms with Crippen molar-refractivity contribution in [2.75, 3.05) is 0 Å². The Hall–Kier alpha value is -1.59. The number of carbonyl (C=O) groups is 1. The number of benzene rings is 1. The lowest BCUT2D eigenvalue weighted by Gasteiger charge is -2.49. The second kappa shape index (κ2) is 7.34. The van der Waals surface area contributed by atoms with Crippen LogP contribution >= 0.6 is 0 Å². The minimum absolute atomic E-state index is 0.0422. The van der Waals surface area contributed by atoms with Crippen molar-refractivity contribution in [2.24, 2.45) is 11.3 Å². The van der Waals surface area contributed by atoms with Crippen molar-refractivity contribution < 1.29 is 14.1 Å². The summed E-state index contributed by atoms with van der Waals surface area (Å²) in [5.74, 6) is 1.18. The molecule has 28 heavy (non-hydrogen) atoms. The minimum atomic E-state index is -1.88. The van der Waals surface area contributed by atoms with E-state index in [-0.39, 0.29) is 23.0 Å². The van der Waals surface area contributed by atoms with Crippen LogP contribution in [0.25, 0.3) is 0 Å². The van der Waals surface area contributed by atoms with E-state index in [9.17, 15) is 4.79 Å². The van der Waals surface area contributed by atoms with E-state index in [0.29, 0.717) is 6.54 Å². The fourth-order valence-electron chi connectivity index (χ4n) is 3.94. The van der Waals surface area contributed by atoms with E-state index < -0.39 is 13.7 Å². The molecule has 1 saturated heterocycles. The van der Waals surface area contributed by atoms with Crippen LogP contribution in [0.1, 0.15) is 53.0 Å². The van der Waals surface area contributed by atoms with Gasteiger partial charge in [0.05, 0.1) is 23.8 Å². The second-order valence-electron chi connectivity index (χ2n) is 10.1. The molecule has 5 heteroatoms. The molecular formula is C23H35NO3Si. The lowest BCUT2D eigenvalue weighted by molar-refractivity contribution is -0.254. The van der Waals surface area contributed by atoms with E-state index in [1.54, 1.807) is 5.06 Å². The number of allylic oxidation sites excluding steroid dienone is 1. The van der Waals surface area contributed by atoms with Gasteiger partial charge in [0.2, 0.25) is 8.32 Å². The van der Waals surface area contributed by atoms with Crippen LogP contribution in [0.3, 0.4) is 0 Å². The second-order valence-corrected chi connectivity index (χ2v) is 14.8. The molecule has 0 aromatic heterocycles. The molecule has 0 bridgehead atoms. The van der Waals surface area contributed by atoms with Gasteiger partial charge < -0.3 is 4.43 Å². The fourth-order valence-corrected chi connectivity index (χ4v) is 5.08. The van der Waals surface area contributed by atoms with E-state index in [1.165, 1.54) is 0 Å². The van der Waals surface area contributed by atoms with Gasteiger partial charge in [-0.05, 0) is 50.0 Å². The summed E-state index contributed by atoms with van der Waals surface area (Å²) in [6.07, 6.45) is 3.74. The first-order chi connectivity index (χ1) is 12.9. The Balaban J connectivity index is 1.80. The van der Waals surface area contributed by atoms with E-state index in [2.05, 4.69) is 53.8 Å². The maximum Gasteiger partial charge on any atom is 0.253 e. The van der Waals surface area contributed by atoms with Crippen LogP contribution in [-0.4, -0.2) is 25.4 Å². The van der Waals surface area contributed by atoms with Gasteiger partial charge in [0.15, 0.2) is 0 Å². The summed E-state index contributed by atoms with van der Waals surface area (Å²) in [5.41, 5.74) is 0.644. The summed E-state index contributed by atoms with van der Waals surface area (Å²) in [5, 5.41) is 1.73. The number of hydroxylamine groups is 2. The maximum atomic E-state index is 13.3. The van der Waals surface area contributed by atoms with Gasteiger partial charge in [0.1, 0.15) is 0 Å². The van der Waals surface area contributed by atoms with Crippen LogP contribution in [0.2, 0.25) is 18.1 Å². The summed E-state index contributed by atoms with van der Waals surface area (Å²) in [6, 6.07) is 10.0. The van der Waals surface area contributed by atoms with Crippen molar-refractivity contribution in [2.45, 2.75) is 78.2 Å². The minimum Gasteiger partial charge on any atom is -0.547 e. The van der Waals surface area contributed by atoms with Crippen LogP contribution in [-0.2, 0) is 20.6 Å². The molecule has 1 fully saturated rings. The quantitative estimate of drug-likeness (QED) is 0.610. The van der Waals surface area contributed by atoms with Crippen LogP contribution in [0.4, 0.5) is 0 Å². The Morgan fingerprint density at radius 3 is 2.50 bits per heavy atom. The third kappa shape index (κ3) is 3.92. The fraction of sp³-hybridized carbons (Fsp3) is 0.609. The highest BCUT2D eigenvalue weighted by atomic mass is 28.4. The molecule has 0 saturated carbocycles. The predicted molar refractivity (Wildman–Crippen MR) is 115 cm³/mol. The molecule has 1 aromatic carbocycles. The standard InChI is InChI=1S/C23H35NO3Si/c1-17-20-15-19(27-28(6,7)22(2,3)4)13-14-23(20,5)21(25)24(26-17)16-18-11-9-8-10-12-18/h8-12,15,17,20H,13-14,16H2,1-7H3/t17-,20-,23-/m0/s1. The van der Waals surface area contributed by atoms with Crippen LogP contribution in [0, 0.1) is 11.3 Å². The number of carbonyl (C=O) groups excluding carboxylic acids is 1. The van der Waals surface area contributed by atoms with Crippen molar-refractivity contribution in [3.63, 3.8) is 0 Å². The van der Waals surface area contributed by atoms with E-state index in [1.807, 2.05) is 30.3 Å². The smallest absolute Gasteiger partial charge is 0.253 e. The first-order valence-electron chi connectivity index (χ1n) is 10.4. The molecule has 0 unspecified atom stereocenters. The highest BCUT2D eigenvalue weighted by Gasteiger charge is 2.52. The Morgan fingerprint density at radius 2 is 1.89 bits per heavy atom. The Labute approximate surface area is 171 Å². The molecule has 0 spiro atoms. The van der Waals surface area contributed by atoms with Crippen molar-refractivity contribution >= 4 is 14.2 Å². The molecule has 2 aliphatic rings. The van der Waals surface area contributed by atoms with E-state index in [0.717, 1.165) is 24.2 Å². The molecule has 1 aromatic rings. The summed E-state index contributed by atoms with van der Waals surface area (Å²) >= 11 is 0. The number of rotatable bonds is 4. The summed E-state index contributed by atoms with van der Waals surface area (Å²) in [7, 11) is -1.88. The highest BCUT2D eigenvalue weighted by Crippen LogP contribution is 2.48. The van der Waals surface area contributed by atoms with E-state index in [4.69, 9.17) is 9.26 Å². The zero-order chi connectivity index (χ0) is 20.7. The largest absolute Gasteiger partial charge is 0.547 e.